The molecule has 2 aliphatic heterocycles. The summed E-state index contributed by atoms with van der Waals surface area (Å²) in [5, 5.41) is 3.05. The Morgan fingerprint density at radius 2 is 1.56 bits per heavy atom. The molecule has 0 spiro atoms. The Kier molecular flexibility index (Phi) is 8.72. The van der Waals surface area contributed by atoms with Crippen LogP contribution in [0.1, 0.15) is 42.4 Å². The van der Waals surface area contributed by atoms with Gasteiger partial charge in [-0.25, -0.2) is 8.42 Å². The van der Waals surface area contributed by atoms with Gasteiger partial charge in [-0.15, -0.1) is 0 Å². The fraction of sp³-hybridized carbons (Fsp3) is 0.500. The summed E-state index contributed by atoms with van der Waals surface area (Å²) in [6, 6.07) is 15.2. The van der Waals surface area contributed by atoms with Crippen molar-refractivity contribution in [1.82, 2.24) is 14.5 Å². The lowest BCUT2D eigenvalue weighted by molar-refractivity contribution is -0.121. The number of benzene rings is 2. The zero-order valence-corrected chi connectivity index (χ0v) is 20.6. The molecule has 2 aromatic carbocycles. The highest BCUT2D eigenvalue weighted by atomic mass is 32.2. The second-order valence-corrected chi connectivity index (χ2v) is 11.0. The van der Waals surface area contributed by atoms with E-state index in [-0.39, 0.29) is 10.8 Å². The van der Waals surface area contributed by atoms with E-state index in [1.807, 2.05) is 6.07 Å². The molecule has 2 aromatic rings. The van der Waals surface area contributed by atoms with Crippen LogP contribution in [0.15, 0.2) is 53.4 Å². The summed E-state index contributed by atoms with van der Waals surface area (Å²) in [5.41, 5.74) is 3.39. The van der Waals surface area contributed by atoms with E-state index >= 15 is 0 Å². The van der Waals surface area contributed by atoms with Gasteiger partial charge in [0.1, 0.15) is 0 Å². The predicted molar refractivity (Wildman–Crippen MR) is 132 cm³/mol. The molecule has 4 rings (SSSR count). The molecule has 2 heterocycles. The van der Waals surface area contributed by atoms with Gasteiger partial charge in [0.15, 0.2) is 0 Å². The largest absolute Gasteiger partial charge is 0.379 e. The summed E-state index contributed by atoms with van der Waals surface area (Å²) < 4.78 is 32.2. The molecule has 1 N–H and O–H groups in total. The predicted octanol–water partition coefficient (Wildman–Crippen LogP) is 2.94. The normalized spacial score (nSPS) is 18.0. The second-order valence-electron chi connectivity index (χ2n) is 9.04. The van der Waals surface area contributed by atoms with Crippen molar-refractivity contribution in [3.8, 4) is 0 Å². The monoisotopic (exact) mass is 485 g/mol. The van der Waals surface area contributed by atoms with Crippen LogP contribution in [-0.4, -0.2) is 62.9 Å². The molecule has 2 aliphatic rings. The standard InChI is InChI=1S/C26H35N3O4S/c30-26(27-20-23-6-2-3-7-24(23)21-28-14-4-1-5-15-28)13-10-22-8-11-25(12-9-22)34(31,32)29-16-18-33-19-17-29/h2-3,6-9,11-12H,1,4-5,10,13-21H2,(H,27,30). The van der Waals surface area contributed by atoms with Crippen LogP contribution in [0.5, 0.6) is 0 Å². The minimum Gasteiger partial charge on any atom is -0.379 e. The van der Waals surface area contributed by atoms with Crippen molar-refractivity contribution < 1.29 is 17.9 Å². The van der Waals surface area contributed by atoms with Gasteiger partial charge in [0.25, 0.3) is 0 Å². The Labute approximate surface area is 203 Å². The van der Waals surface area contributed by atoms with Gasteiger partial charge in [-0.2, -0.15) is 4.31 Å². The summed E-state index contributed by atoms with van der Waals surface area (Å²) >= 11 is 0. The van der Waals surface area contributed by atoms with Crippen LogP contribution in [-0.2, 0) is 39.1 Å². The Morgan fingerprint density at radius 3 is 2.26 bits per heavy atom. The zero-order chi connectivity index (χ0) is 23.8. The number of carbonyl (C=O) groups is 1. The quantitative estimate of drug-likeness (QED) is 0.591. The van der Waals surface area contributed by atoms with E-state index in [0.717, 1.165) is 25.2 Å². The van der Waals surface area contributed by atoms with E-state index in [1.165, 1.54) is 34.7 Å². The molecule has 1 amide bonds. The number of ether oxygens (including phenoxy) is 1. The lowest BCUT2D eigenvalue weighted by atomic mass is 10.0. The molecule has 0 aliphatic carbocycles. The second kappa shape index (κ2) is 11.9. The number of nitrogens with zero attached hydrogens (tertiary/aromatic N) is 2. The SMILES string of the molecule is O=C(CCc1ccc(S(=O)(=O)N2CCOCC2)cc1)NCc1ccccc1CN1CCCCC1. The van der Waals surface area contributed by atoms with Gasteiger partial charge < -0.3 is 10.1 Å². The van der Waals surface area contributed by atoms with Gasteiger partial charge in [0, 0.05) is 32.6 Å². The molecule has 8 heteroatoms. The maximum absolute atomic E-state index is 12.7. The first-order chi connectivity index (χ1) is 16.5. The van der Waals surface area contributed by atoms with E-state index in [9.17, 15) is 13.2 Å². The van der Waals surface area contributed by atoms with Gasteiger partial charge >= 0.3 is 0 Å². The van der Waals surface area contributed by atoms with Gasteiger partial charge in [-0.05, 0) is 61.2 Å². The van der Waals surface area contributed by atoms with Crippen molar-refractivity contribution in [1.29, 1.82) is 0 Å². The van der Waals surface area contributed by atoms with Crippen LogP contribution in [0.3, 0.4) is 0 Å². The van der Waals surface area contributed by atoms with Crippen molar-refractivity contribution >= 4 is 15.9 Å². The molecule has 0 atom stereocenters. The molecule has 7 nitrogen and oxygen atoms in total. The number of likely N-dealkylation sites (tertiary alicyclic amines) is 1. The summed E-state index contributed by atoms with van der Waals surface area (Å²) in [4.78, 5) is 15.3. The Bertz CT molecular complexity index is 1040. The molecule has 0 unspecified atom stereocenters. The number of sulfonamides is 1. The Morgan fingerprint density at radius 1 is 0.882 bits per heavy atom. The van der Waals surface area contributed by atoms with Crippen LogP contribution in [0, 0.1) is 0 Å². The minimum atomic E-state index is -3.49. The van der Waals surface area contributed by atoms with Crippen molar-refractivity contribution in [2.75, 3.05) is 39.4 Å². The number of hydrogen-bond donors (Lipinski definition) is 1. The smallest absolute Gasteiger partial charge is 0.243 e. The van der Waals surface area contributed by atoms with Gasteiger partial charge in [-0.3, -0.25) is 9.69 Å². The van der Waals surface area contributed by atoms with E-state index in [4.69, 9.17) is 4.74 Å². The lowest BCUT2D eigenvalue weighted by Gasteiger charge is -2.27. The lowest BCUT2D eigenvalue weighted by Crippen LogP contribution is -2.40. The molecular formula is C26H35N3O4S. The topological polar surface area (TPSA) is 79.0 Å². The Hall–Kier alpha value is -2.26. The molecule has 184 valence electrons. The van der Waals surface area contributed by atoms with Crippen LogP contribution < -0.4 is 5.32 Å². The maximum atomic E-state index is 12.7. The van der Waals surface area contributed by atoms with Gasteiger partial charge in [0.2, 0.25) is 15.9 Å². The molecule has 2 saturated heterocycles. The zero-order valence-electron chi connectivity index (χ0n) is 19.7. The molecule has 0 radical (unpaired) electrons. The number of nitrogens with one attached hydrogen (secondary N) is 1. The molecule has 0 saturated carbocycles. The summed E-state index contributed by atoms with van der Waals surface area (Å²) in [5.74, 6) is -0.00205. The number of amides is 1. The fourth-order valence-electron chi connectivity index (χ4n) is 4.55. The molecule has 34 heavy (non-hydrogen) atoms. The average Bonchev–Trinajstić information content (AvgIpc) is 2.88. The summed E-state index contributed by atoms with van der Waals surface area (Å²) in [6.07, 6.45) is 4.78. The van der Waals surface area contributed by atoms with E-state index in [2.05, 4.69) is 28.4 Å². The first kappa shape index (κ1) is 24.9. The van der Waals surface area contributed by atoms with E-state index < -0.39 is 10.0 Å². The van der Waals surface area contributed by atoms with Crippen molar-refractivity contribution in [3.05, 3.63) is 65.2 Å². The Balaban J connectivity index is 1.26. The van der Waals surface area contributed by atoms with Gasteiger partial charge in [0.05, 0.1) is 18.1 Å². The van der Waals surface area contributed by atoms with Crippen molar-refractivity contribution in [2.24, 2.45) is 0 Å². The average molecular weight is 486 g/mol. The fourth-order valence-corrected chi connectivity index (χ4v) is 5.95. The third-order valence-corrected chi connectivity index (χ3v) is 8.52. The van der Waals surface area contributed by atoms with Crippen molar-refractivity contribution in [2.45, 2.75) is 50.1 Å². The first-order valence-corrected chi connectivity index (χ1v) is 13.7. The summed E-state index contributed by atoms with van der Waals surface area (Å²) in [6.45, 7) is 5.37. The number of piperidine rings is 1. The van der Waals surface area contributed by atoms with Crippen LogP contribution in [0.2, 0.25) is 0 Å². The number of hydrogen-bond acceptors (Lipinski definition) is 5. The van der Waals surface area contributed by atoms with Crippen LogP contribution >= 0.6 is 0 Å². The van der Waals surface area contributed by atoms with Crippen LogP contribution in [0.4, 0.5) is 0 Å². The number of rotatable bonds is 9. The molecule has 0 bridgehead atoms. The minimum absolute atomic E-state index is 0.00205. The number of morpholine rings is 1. The third kappa shape index (κ3) is 6.66. The number of aryl methyl sites for hydroxylation is 1. The van der Waals surface area contributed by atoms with Gasteiger partial charge in [-0.1, -0.05) is 42.8 Å². The van der Waals surface area contributed by atoms with E-state index in [1.54, 1.807) is 24.3 Å². The highest BCUT2D eigenvalue weighted by molar-refractivity contribution is 7.89. The first-order valence-electron chi connectivity index (χ1n) is 12.2. The van der Waals surface area contributed by atoms with Crippen LogP contribution in [0.25, 0.3) is 0 Å². The molecule has 2 fully saturated rings. The van der Waals surface area contributed by atoms with E-state index in [0.29, 0.717) is 45.7 Å². The maximum Gasteiger partial charge on any atom is 0.243 e. The van der Waals surface area contributed by atoms with Crippen molar-refractivity contribution in [3.63, 3.8) is 0 Å². The highest BCUT2D eigenvalue weighted by Gasteiger charge is 2.26. The third-order valence-electron chi connectivity index (χ3n) is 6.61. The highest BCUT2D eigenvalue weighted by Crippen LogP contribution is 2.19. The molecule has 0 aromatic heterocycles. The molecular weight excluding hydrogens is 450 g/mol. The number of carbonyl (C=O) groups excluding carboxylic acids is 1. The summed E-state index contributed by atoms with van der Waals surface area (Å²) in [7, 11) is -3.49.